The molecule has 0 aliphatic heterocycles. The van der Waals surface area contributed by atoms with Gasteiger partial charge >= 0.3 is 0 Å². The fourth-order valence-corrected chi connectivity index (χ4v) is 22.7. The van der Waals surface area contributed by atoms with Crippen LogP contribution in [-0.4, -0.2) is 44.2 Å². The predicted octanol–water partition coefficient (Wildman–Crippen LogP) is 10.9. The summed E-state index contributed by atoms with van der Waals surface area (Å²) >= 11 is 0. The maximum absolute atomic E-state index is 10.0. The topological polar surface area (TPSA) is 27.7 Å². The largest absolute Gasteiger partial charge is 0.413 e. The third-order valence-electron chi connectivity index (χ3n) is 9.04. The summed E-state index contributed by atoms with van der Waals surface area (Å²) in [7, 11) is -8.80. The van der Waals surface area contributed by atoms with E-state index in [0.29, 0.717) is 0 Å². The van der Waals surface area contributed by atoms with Crippen LogP contribution in [0.25, 0.3) is 0 Å². The zero-order valence-electron chi connectivity index (χ0n) is 32.4. The van der Waals surface area contributed by atoms with Gasteiger partial charge in [-0.25, -0.2) is 0 Å². The Labute approximate surface area is 238 Å². The fourth-order valence-electron chi connectivity index (χ4n) is 7.57. The summed E-state index contributed by atoms with van der Waals surface area (Å²) in [4.78, 5) is 0. The highest BCUT2D eigenvalue weighted by molar-refractivity contribution is 6.78. The Bertz CT molecular complexity index is 704. The Kier molecular flexibility index (Phi) is 11.5. The van der Waals surface area contributed by atoms with Crippen molar-refractivity contribution >= 4 is 25.0 Å². The summed E-state index contributed by atoms with van der Waals surface area (Å²) in [6.45, 7) is 31.8. The van der Waals surface area contributed by atoms with Crippen LogP contribution in [0.1, 0.15) is 131 Å². The quantitative estimate of drug-likeness (QED) is 0.164. The summed E-state index contributed by atoms with van der Waals surface area (Å²) in [5, 5.41) is 0. The molecule has 0 bridgehead atoms. The summed E-state index contributed by atoms with van der Waals surface area (Å²) in [6.07, 6.45) is -2.75. The van der Waals surface area contributed by atoms with Crippen molar-refractivity contribution in [1.82, 2.24) is 0 Å². The van der Waals surface area contributed by atoms with Gasteiger partial charge in [0, 0.05) is 0 Å². The molecule has 0 rings (SSSR count). The minimum atomic E-state index is -2.99. The highest BCUT2D eigenvalue weighted by Crippen LogP contribution is 2.46. The van der Waals surface area contributed by atoms with E-state index in [0.717, 1.165) is 0 Å². The predicted molar refractivity (Wildman–Crippen MR) is 170 cm³/mol. The lowest BCUT2D eigenvalue weighted by Crippen LogP contribution is -2.56. The van der Waals surface area contributed by atoms with Crippen LogP contribution in [-0.2, 0) is 13.3 Å². The molecule has 36 heavy (non-hydrogen) atoms. The standard InChI is InChI=1S/C30H68O3Si3/c1-21(2)34(22(3)4,23(5)6)31-19-30(33-36(27(13)14,28(15)16)29(17)18)20-32-35(24(7)8,25(9)10)26(11)12/h21-30H,19-20H2,1-18H3/i19D2,20D2,30D. The number of hydrogen-bond donors (Lipinski definition) is 0. The van der Waals surface area contributed by atoms with Gasteiger partial charge in [-0.05, 0) is 49.9 Å². The van der Waals surface area contributed by atoms with E-state index in [9.17, 15) is 6.85 Å². The third kappa shape index (κ3) is 7.59. The Balaban J connectivity index is 7.86. The van der Waals surface area contributed by atoms with Crippen LogP contribution < -0.4 is 0 Å². The number of rotatable bonds is 17. The molecule has 3 nitrogen and oxygen atoms in total. The van der Waals surface area contributed by atoms with Crippen molar-refractivity contribution in [2.24, 2.45) is 0 Å². The van der Waals surface area contributed by atoms with Gasteiger partial charge in [0.1, 0.15) is 0 Å². The van der Waals surface area contributed by atoms with Gasteiger partial charge < -0.3 is 13.3 Å². The average molecular weight is 566 g/mol. The van der Waals surface area contributed by atoms with Crippen LogP contribution in [0.3, 0.4) is 0 Å². The Morgan fingerprint density at radius 2 is 0.611 bits per heavy atom. The maximum Gasteiger partial charge on any atom is 0.201 e. The average Bonchev–Trinajstić information content (AvgIpc) is 2.76. The second-order valence-electron chi connectivity index (χ2n) is 13.8. The first-order valence-corrected chi connectivity index (χ1v) is 21.1. The van der Waals surface area contributed by atoms with Crippen molar-refractivity contribution in [3.8, 4) is 0 Å². The van der Waals surface area contributed by atoms with Crippen molar-refractivity contribution < 1.29 is 20.1 Å². The normalized spacial score (nSPS) is 17.8. The van der Waals surface area contributed by atoms with E-state index in [-0.39, 0.29) is 49.9 Å². The van der Waals surface area contributed by atoms with Gasteiger partial charge in [-0.15, -0.1) is 0 Å². The minimum absolute atomic E-state index is 0.0171. The molecular formula is C30H68O3Si3. The molecule has 0 N–H and O–H groups in total. The van der Waals surface area contributed by atoms with Gasteiger partial charge in [-0.2, -0.15) is 0 Å². The molecule has 0 atom stereocenters. The van der Waals surface area contributed by atoms with Crippen LogP contribution in [0.2, 0.25) is 49.9 Å². The fraction of sp³-hybridized carbons (Fsp3) is 1.00. The molecule has 6 heteroatoms. The molecule has 0 fully saturated rings. The Hall–Kier alpha value is 0.531. The first kappa shape index (κ1) is 28.1. The van der Waals surface area contributed by atoms with Gasteiger partial charge in [0.2, 0.25) is 8.32 Å². The molecule has 0 unspecified atom stereocenters. The Morgan fingerprint density at radius 3 is 0.778 bits per heavy atom. The SMILES string of the molecule is [2H]C([2H])(O[Si](C(C)C)(C(C)C)C(C)C)C([2H])(O[Si](C(C)C)(C(C)C)C(C)C)C([2H])([2H])O[Si](C(C)C)(C(C)C)C(C)C. The van der Waals surface area contributed by atoms with Crippen LogP contribution in [0.4, 0.5) is 0 Å². The monoisotopic (exact) mass is 565 g/mol. The summed E-state index contributed by atoms with van der Waals surface area (Å²) in [6, 6.07) is 0. The zero-order chi connectivity index (χ0) is 33.3. The van der Waals surface area contributed by atoms with Crippen LogP contribution >= 0.6 is 0 Å². The summed E-state index contributed by atoms with van der Waals surface area (Å²) in [5.41, 5.74) is 0.337. The minimum Gasteiger partial charge on any atom is -0.413 e. The summed E-state index contributed by atoms with van der Waals surface area (Å²) in [5.74, 6) is 0. The molecule has 218 valence electrons. The molecular weight excluding hydrogens is 493 g/mol. The molecule has 0 heterocycles. The van der Waals surface area contributed by atoms with Gasteiger partial charge in [-0.3, -0.25) is 0 Å². The van der Waals surface area contributed by atoms with Crippen LogP contribution in [0.5, 0.6) is 0 Å². The van der Waals surface area contributed by atoms with Crippen molar-refractivity contribution in [1.29, 1.82) is 0 Å². The van der Waals surface area contributed by atoms with Crippen LogP contribution in [0, 0.1) is 0 Å². The van der Waals surface area contributed by atoms with E-state index in [4.69, 9.17) is 13.3 Å². The van der Waals surface area contributed by atoms with Gasteiger partial charge in [-0.1, -0.05) is 125 Å². The van der Waals surface area contributed by atoms with Gasteiger partial charge in [0.05, 0.1) is 26.1 Å². The lowest BCUT2D eigenvalue weighted by Gasteiger charge is -2.48. The smallest absolute Gasteiger partial charge is 0.201 e. The molecule has 0 radical (unpaired) electrons. The van der Waals surface area contributed by atoms with E-state index in [1.807, 2.05) is 0 Å². The molecule has 0 aliphatic carbocycles. The van der Waals surface area contributed by atoms with E-state index in [1.54, 1.807) is 0 Å². The van der Waals surface area contributed by atoms with Crippen molar-refractivity contribution in [3.05, 3.63) is 0 Å². The van der Waals surface area contributed by atoms with Crippen molar-refractivity contribution in [2.45, 2.75) is 181 Å². The highest BCUT2D eigenvalue weighted by Gasteiger charge is 2.50. The highest BCUT2D eigenvalue weighted by atomic mass is 28.4. The first-order chi connectivity index (χ1) is 18.1. The molecule has 0 amide bonds. The summed E-state index contributed by atoms with van der Waals surface area (Å²) < 4.78 is 68.8. The van der Waals surface area contributed by atoms with Gasteiger partial charge in [0.15, 0.2) is 16.6 Å². The molecule has 0 aromatic carbocycles. The molecule has 0 aromatic rings. The Morgan fingerprint density at radius 1 is 0.417 bits per heavy atom. The molecule has 0 spiro atoms. The van der Waals surface area contributed by atoms with Crippen molar-refractivity contribution in [3.63, 3.8) is 0 Å². The second kappa shape index (κ2) is 14.8. The van der Waals surface area contributed by atoms with Crippen LogP contribution in [0.15, 0.2) is 0 Å². The van der Waals surface area contributed by atoms with E-state index in [2.05, 4.69) is 125 Å². The number of hydrogen-bond acceptors (Lipinski definition) is 3. The third-order valence-corrected chi connectivity index (χ3v) is 26.8. The van der Waals surface area contributed by atoms with E-state index >= 15 is 0 Å². The zero-order valence-corrected chi connectivity index (χ0v) is 30.4. The lowest BCUT2D eigenvalue weighted by atomic mass is 10.4. The molecule has 0 aromatic heterocycles. The van der Waals surface area contributed by atoms with Gasteiger partial charge in [0.25, 0.3) is 0 Å². The molecule has 0 aliphatic rings. The second-order valence-corrected chi connectivity index (χ2v) is 29.9. The van der Waals surface area contributed by atoms with Crippen molar-refractivity contribution in [2.75, 3.05) is 13.1 Å². The molecule has 0 saturated carbocycles. The first-order valence-electron chi connectivity index (χ1n) is 17.2. The molecule has 0 saturated heterocycles. The van der Waals surface area contributed by atoms with E-state index < -0.39 is 44.2 Å². The van der Waals surface area contributed by atoms with E-state index in [1.165, 1.54) is 0 Å². The maximum atomic E-state index is 10.0. The lowest BCUT2D eigenvalue weighted by molar-refractivity contribution is 0.0544.